The Labute approximate surface area is 107 Å². The van der Waals surface area contributed by atoms with Crippen LogP contribution in [0.4, 0.5) is 0 Å². The molecule has 1 N–H and O–H groups in total. The summed E-state index contributed by atoms with van der Waals surface area (Å²) in [7, 11) is 3.58. The number of nitrogens with one attached hydrogen (secondary N) is 1. The molecule has 4 heteroatoms. The van der Waals surface area contributed by atoms with Gasteiger partial charge < -0.3 is 4.42 Å². The summed E-state index contributed by atoms with van der Waals surface area (Å²) in [6, 6.07) is 4.07. The van der Waals surface area contributed by atoms with Crippen molar-refractivity contribution in [2.24, 2.45) is 0 Å². The fraction of sp³-hybridized carbons (Fsp3) is 0.357. The zero-order chi connectivity index (χ0) is 13.3. The first-order valence-electron chi connectivity index (χ1n) is 5.92. The van der Waals surface area contributed by atoms with E-state index in [1.165, 1.54) is 5.56 Å². The van der Waals surface area contributed by atoms with Gasteiger partial charge in [0.15, 0.2) is 0 Å². The van der Waals surface area contributed by atoms with Crippen LogP contribution < -0.4 is 5.43 Å². The van der Waals surface area contributed by atoms with Crippen molar-refractivity contribution in [2.45, 2.75) is 20.3 Å². The number of hydrogen-bond donors (Lipinski definition) is 1. The quantitative estimate of drug-likeness (QED) is 0.844. The molecule has 1 heterocycles. The average Bonchev–Trinajstić information content (AvgIpc) is 2.66. The van der Waals surface area contributed by atoms with E-state index in [4.69, 9.17) is 4.42 Å². The average molecular weight is 246 g/mol. The summed E-state index contributed by atoms with van der Waals surface area (Å²) >= 11 is 0. The minimum atomic E-state index is -0.0408. The molecule has 0 unspecified atom stereocenters. The zero-order valence-corrected chi connectivity index (χ0v) is 11.2. The van der Waals surface area contributed by atoms with Crippen LogP contribution in [0.5, 0.6) is 0 Å². The molecule has 18 heavy (non-hydrogen) atoms. The first-order valence-corrected chi connectivity index (χ1v) is 5.92. The minimum absolute atomic E-state index is 0.0408. The number of fused-ring (bicyclic) bond motifs is 1. The molecule has 0 spiro atoms. The van der Waals surface area contributed by atoms with E-state index in [-0.39, 0.29) is 5.91 Å². The van der Waals surface area contributed by atoms with E-state index >= 15 is 0 Å². The first kappa shape index (κ1) is 12.6. The van der Waals surface area contributed by atoms with Gasteiger partial charge in [-0.15, -0.1) is 0 Å². The van der Waals surface area contributed by atoms with Gasteiger partial charge in [-0.1, -0.05) is 12.1 Å². The van der Waals surface area contributed by atoms with Crippen LogP contribution in [-0.4, -0.2) is 25.0 Å². The summed E-state index contributed by atoms with van der Waals surface area (Å²) < 4.78 is 5.57. The second kappa shape index (κ2) is 4.82. The first-order chi connectivity index (χ1) is 8.49. The van der Waals surface area contributed by atoms with Crippen molar-refractivity contribution in [1.29, 1.82) is 0 Å². The fourth-order valence-corrected chi connectivity index (χ4v) is 1.99. The lowest BCUT2D eigenvalue weighted by molar-refractivity contribution is -0.124. The number of hydrogen-bond acceptors (Lipinski definition) is 3. The summed E-state index contributed by atoms with van der Waals surface area (Å²) in [6.45, 7) is 4.08. The Kier molecular flexibility index (Phi) is 3.39. The van der Waals surface area contributed by atoms with Crippen LogP contribution in [0.3, 0.4) is 0 Å². The molecule has 0 saturated heterocycles. The number of carbonyl (C=O) groups is 1. The lowest BCUT2D eigenvalue weighted by atomic mass is 10.0. The minimum Gasteiger partial charge on any atom is -0.464 e. The van der Waals surface area contributed by atoms with Gasteiger partial charge in [0.05, 0.1) is 12.7 Å². The number of aryl methyl sites for hydroxylation is 2. The highest BCUT2D eigenvalue weighted by Gasteiger charge is 2.12. The molecule has 2 aromatic rings. The second-order valence-corrected chi connectivity index (χ2v) is 4.75. The van der Waals surface area contributed by atoms with Crippen molar-refractivity contribution >= 4 is 16.9 Å². The van der Waals surface area contributed by atoms with Crippen LogP contribution in [0.25, 0.3) is 11.0 Å². The van der Waals surface area contributed by atoms with Crippen LogP contribution in [-0.2, 0) is 11.2 Å². The highest BCUT2D eigenvalue weighted by atomic mass is 16.3. The molecule has 0 radical (unpaired) electrons. The zero-order valence-electron chi connectivity index (χ0n) is 11.2. The number of rotatable bonds is 3. The molecular weight excluding hydrogens is 228 g/mol. The normalized spacial score (nSPS) is 11.2. The van der Waals surface area contributed by atoms with Crippen LogP contribution in [0.15, 0.2) is 22.8 Å². The maximum atomic E-state index is 11.7. The van der Waals surface area contributed by atoms with Gasteiger partial charge in [0, 0.05) is 25.0 Å². The van der Waals surface area contributed by atoms with Gasteiger partial charge in [-0.2, -0.15) is 0 Å². The number of amides is 1. The Balaban J connectivity index is 2.30. The standard InChI is InChI=1S/C14H18N2O2/c1-9-5-6-12-11(7-13(17)15-16(3)4)8-18-14(12)10(9)2/h5-6,8H,7H2,1-4H3,(H,15,17). The number of nitrogens with zero attached hydrogens (tertiary/aromatic N) is 1. The van der Waals surface area contributed by atoms with Crippen molar-refractivity contribution in [3.8, 4) is 0 Å². The van der Waals surface area contributed by atoms with Gasteiger partial charge in [0.2, 0.25) is 5.91 Å². The molecule has 1 aromatic heterocycles. The molecule has 1 amide bonds. The van der Waals surface area contributed by atoms with E-state index in [0.717, 1.165) is 22.1 Å². The fourth-order valence-electron chi connectivity index (χ4n) is 1.99. The Bertz CT molecular complexity index is 585. The van der Waals surface area contributed by atoms with Gasteiger partial charge >= 0.3 is 0 Å². The van der Waals surface area contributed by atoms with Crippen molar-refractivity contribution in [3.05, 3.63) is 35.1 Å². The summed E-state index contributed by atoms with van der Waals surface area (Å²) in [6.07, 6.45) is 2.00. The monoisotopic (exact) mass is 246 g/mol. The Hall–Kier alpha value is -1.81. The Morgan fingerprint density at radius 3 is 2.72 bits per heavy atom. The molecule has 0 aliphatic heterocycles. The predicted octanol–water partition coefficient (Wildman–Crippen LogP) is 2.18. The maximum Gasteiger partial charge on any atom is 0.238 e. The molecule has 0 aliphatic carbocycles. The molecule has 1 aromatic carbocycles. The van der Waals surface area contributed by atoms with Crippen LogP contribution >= 0.6 is 0 Å². The summed E-state index contributed by atoms with van der Waals surface area (Å²) in [5.41, 5.74) is 6.85. The van der Waals surface area contributed by atoms with Crippen molar-refractivity contribution in [1.82, 2.24) is 10.4 Å². The number of benzene rings is 1. The molecular formula is C14H18N2O2. The van der Waals surface area contributed by atoms with E-state index in [2.05, 4.69) is 18.4 Å². The SMILES string of the molecule is Cc1ccc2c(CC(=O)NN(C)C)coc2c1C. The van der Waals surface area contributed by atoms with Crippen molar-refractivity contribution in [3.63, 3.8) is 0 Å². The number of furan rings is 1. The van der Waals surface area contributed by atoms with Gasteiger partial charge in [0.1, 0.15) is 5.58 Å². The number of carbonyl (C=O) groups excluding carboxylic acids is 1. The van der Waals surface area contributed by atoms with E-state index in [9.17, 15) is 4.79 Å². The molecule has 0 saturated carbocycles. The molecule has 0 bridgehead atoms. The largest absolute Gasteiger partial charge is 0.464 e. The summed E-state index contributed by atoms with van der Waals surface area (Å²) in [4.78, 5) is 11.7. The van der Waals surface area contributed by atoms with Crippen LogP contribution in [0.2, 0.25) is 0 Å². The third-order valence-electron chi connectivity index (χ3n) is 3.04. The molecule has 0 fully saturated rings. The van der Waals surface area contributed by atoms with E-state index < -0.39 is 0 Å². The van der Waals surface area contributed by atoms with E-state index in [1.54, 1.807) is 25.4 Å². The third kappa shape index (κ3) is 2.38. The van der Waals surface area contributed by atoms with Crippen molar-refractivity contribution < 1.29 is 9.21 Å². The summed E-state index contributed by atoms with van der Waals surface area (Å²) in [5, 5.41) is 2.66. The molecule has 4 nitrogen and oxygen atoms in total. The molecule has 2 rings (SSSR count). The van der Waals surface area contributed by atoms with E-state index in [0.29, 0.717) is 6.42 Å². The summed E-state index contributed by atoms with van der Waals surface area (Å²) in [5.74, 6) is -0.0408. The number of hydrazine groups is 1. The highest BCUT2D eigenvalue weighted by molar-refractivity contribution is 5.89. The Morgan fingerprint density at radius 1 is 1.33 bits per heavy atom. The molecule has 96 valence electrons. The predicted molar refractivity (Wildman–Crippen MR) is 71.2 cm³/mol. The van der Waals surface area contributed by atoms with Crippen molar-refractivity contribution in [2.75, 3.05) is 14.1 Å². The van der Waals surface area contributed by atoms with Gasteiger partial charge in [-0.25, -0.2) is 5.01 Å². The molecule has 0 atom stereocenters. The lowest BCUT2D eigenvalue weighted by Gasteiger charge is -2.11. The third-order valence-corrected chi connectivity index (χ3v) is 3.04. The van der Waals surface area contributed by atoms with Gasteiger partial charge in [-0.3, -0.25) is 10.2 Å². The Morgan fingerprint density at radius 2 is 2.06 bits per heavy atom. The molecule has 0 aliphatic rings. The maximum absolute atomic E-state index is 11.7. The lowest BCUT2D eigenvalue weighted by Crippen LogP contribution is -2.37. The van der Waals surface area contributed by atoms with E-state index in [1.807, 2.05) is 13.0 Å². The smallest absolute Gasteiger partial charge is 0.238 e. The second-order valence-electron chi connectivity index (χ2n) is 4.75. The van der Waals surface area contributed by atoms with Crippen LogP contribution in [0, 0.1) is 13.8 Å². The van der Waals surface area contributed by atoms with Gasteiger partial charge in [0.25, 0.3) is 0 Å². The topological polar surface area (TPSA) is 45.5 Å². The van der Waals surface area contributed by atoms with Crippen LogP contribution in [0.1, 0.15) is 16.7 Å². The highest BCUT2D eigenvalue weighted by Crippen LogP contribution is 2.26. The van der Waals surface area contributed by atoms with Gasteiger partial charge in [-0.05, 0) is 25.0 Å².